The average Bonchev–Trinajstić information content (AvgIpc) is 3.27. The zero-order valence-corrected chi connectivity index (χ0v) is 12.9. The van der Waals surface area contributed by atoms with Crippen molar-refractivity contribution in [3.63, 3.8) is 0 Å². The summed E-state index contributed by atoms with van der Waals surface area (Å²) < 4.78 is 5.04. The molecule has 1 aliphatic heterocycles. The number of carbonyl (C=O) groups is 1. The molecule has 120 valence electrons. The van der Waals surface area contributed by atoms with Crippen LogP contribution >= 0.6 is 0 Å². The Morgan fingerprint density at radius 2 is 2.04 bits per heavy atom. The number of pyridine rings is 1. The highest BCUT2D eigenvalue weighted by atomic mass is 16.5. The van der Waals surface area contributed by atoms with Gasteiger partial charge in [-0.3, -0.25) is 4.79 Å². The van der Waals surface area contributed by atoms with E-state index in [2.05, 4.69) is 25.3 Å². The van der Waals surface area contributed by atoms with Crippen molar-refractivity contribution in [1.82, 2.24) is 20.4 Å². The SMILES string of the molecule is O=C(NC1CC1)c1nc(-c2ccc(N3CCCCC3)nc2)no1. The Morgan fingerprint density at radius 1 is 1.22 bits per heavy atom. The van der Waals surface area contributed by atoms with E-state index >= 15 is 0 Å². The zero-order chi connectivity index (χ0) is 15.6. The van der Waals surface area contributed by atoms with Crippen LogP contribution in [0.1, 0.15) is 42.8 Å². The summed E-state index contributed by atoms with van der Waals surface area (Å²) in [5.74, 6) is 1.07. The van der Waals surface area contributed by atoms with E-state index in [1.54, 1.807) is 6.20 Å². The second-order valence-corrected chi connectivity index (χ2v) is 6.12. The largest absolute Gasteiger partial charge is 0.357 e. The van der Waals surface area contributed by atoms with Crippen molar-refractivity contribution >= 4 is 11.7 Å². The van der Waals surface area contributed by atoms with E-state index in [9.17, 15) is 4.79 Å². The van der Waals surface area contributed by atoms with Crippen LogP contribution in [0.3, 0.4) is 0 Å². The molecule has 3 heterocycles. The lowest BCUT2D eigenvalue weighted by atomic mass is 10.1. The molecule has 0 radical (unpaired) electrons. The van der Waals surface area contributed by atoms with Crippen LogP contribution in [-0.4, -0.2) is 40.2 Å². The smallest absolute Gasteiger partial charge is 0.316 e. The molecule has 1 amide bonds. The molecule has 7 nitrogen and oxygen atoms in total. The van der Waals surface area contributed by atoms with E-state index in [-0.39, 0.29) is 17.8 Å². The number of nitrogens with zero attached hydrogens (tertiary/aromatic N) is 4. The number of anilines is 1. The Hall–Kier alpha value is -2.44. The summed E-state index contributed by atoms with van der Waals surface area (Å²) >= 11 is 0. The molecular weight excluding hydrogens is 294 g/mol. The Morgan fingerprint density at radius 3 is 2.74 bits per heavy atom. The summed E-state index contributed by atoms with van der Waals surface area (Å²) in [6.07, 6.45) is 7.51. The van der Waals surface area contributed by atoms with E-state index in [1.807, 2.05) is 12.1 Å². The highest BCUT2D eigenvalue weighted by Crippen LogP contribution is 2.22. The van der Waals surface area contributed by atoms with Crippen LogP contribution in [-0.2, 0) is 0 Å². The Bertz CT molecular complexity index is 687. The van der Waals surface area contributed by atoms with Crippen molar-refractivity contribution in [1.29, 1.82) is 0 Å². The Labute approximate surface area is 134 Å². The van der Waals surface area contributed by atoms with Gasteiger partial charge < -0.3 is 14.7 Å². The van der Waals surface area contributed by atoms with Gasteiger partial charge in [-0.1, -0.05) is 5.16 Å². The van der Waals surface area contributed by atoms with Crippen molar-refractivity contribution in [2.24, 2.45) is 0 Å². The number of nitrogens with one attached hydrogen (secondary N) is 1. The van der Waals surface area contributed by atoms with Crippen LogP contribution in [0.15, 0.2) is 22.9 Å². The molecule has 1 saturated carbocycles. The normalized spacial score (nSPS) is 18.0. The molecule has 1 aliphatic carbocycles. The highest BCUT2D eigenvalue weighted by Gasteiger charge is 2.26. The first-order valence-electron chi connectivity index (χ1n) is 8.15. The van der Waals surface area contributed by atoms with Crippen molar-refractivity contribution < 1.29 is 9.32 Å². The van der Waals surface area contributed by atoms with Crippen molar-refractivity contribution in [3.05, 3.63) is 24.2 Å². The number of piperidine rings is 1. The summed E-state index contributed by atoms with van der Waals surface area (Å²) in [5.41, 5.74) is 0.750. The van der Waals surface area contributed by atoms with Crippen LogP contribution in [0.25, 0.3) is 11.4 Å². The van der Waals surface area contributed by atoms with Gasteiger partial charge in [-0.2, -0.15) is 4.98 Å². The molecule has 7 heteroatoms. The first-order chi connectivity index (χ1) is 11.3. The van der Waals surface area contributed by atoms with Gasteiger partial charge in [0.25, 0.3) is 0 Å². The van der Waals surface area contributed by atoms with Crippen LogP contribution < -0.4 is 10.2 Å². The van der Waals surface area contributed by atoms with Crippen molar-refractivity contribution in [2.45, 2.75) is 38.1 Å². The van der Waals surface area contributed by atoms with Gasteiger partial charge >= 0.3 is 11.8 Å². The molecule has 0 aromatic carbocycles. The summed E-state index contributed by atoms with van der Waals surface area (Å²) in [6.45, 7) is 2.11. The molecule has 2 aromatic heterocycles. The van der Waals surface area contributed by atoms with E-state index in [1.165, 1.54) is 19.3 Å². The van der Waals surface area contributed by atoms with Gasteiger partial charge in [-0.05, 0) is 44.2 Å². The molecule has 0 spiro atoms. The maximum Gasteiger partial charge on any atom is 0.316 e. The average molecular weight is 313 g/mol. The third-order valence-corrected chi connectivity index (χ3v) is 4.22. The van der Waals surface area contributed by atoms with Crippen LogP contribution in [0.2, 0.25) is 0 Å². The quantitative estimate of drug-likeness (QED) is 0.929. The molecule has 2 fully saturated rings. The molecule has 23 heavy (non-hydrogen) atoms. The first-order valence-corrected chi connectivity index (χ1v) is 8.15. The Balaban J connectivity index is 1.47. The van der Waals surface area contributed by atoms with E-state index in [4.69, 9.17) is 4.52 Å². The predicted molar refractivity (Wildman–Crippen MR) is 84.1 cm³/mol. The lowest BCUT2D eigenvalue weighted by Crippen LogP contribution is -2.29. The fraction of sp³-hybridized carbons (Fsp3) is 0.500. The van der Waals surface area contributed by atoms with Gasteiger partial charge in [-0.25, -0.2) is 4.98 Å². The van der Waals surface area contributed by atoms with E-state index in [0.29, 0.717) is 5.82 Å². The third kappa shape index (κ3) is 3.18. The van der Waals surface area contributed by atoms with Gasteiger partial charge in [-0.15, -0.1) is 0 Å². The molecule has 0 unspecified atom stereocenters. The monoisotopic (exact) mass is 313 g/mol. The summed E-state index contributed by atoms with van der Waals surface area (Å²) in [5, 5.41) is 6.71. The van der Waals surface area contributed by atoms with Crippen LogP contribution in [0.5, 0.6) is 0 Å². The minimum atomic E-state index is -0.302. The summed E-state index contributed by atoms with van der Waals surface area (Å²) in [7, 11) is 0. The van der Waals surface area contributed by atoms with Gasteiger partial charge in [0.1, 0.15) is 5.82 Å². The number of hydrogen-bond donors (Lipinski definition) is 1. The molecule has 4 rings (SSSR count). The van der Waals surface area contributed by atoms with Crippen LogP contribution in [0, 0.1) is 0 Å². The fourth-order valence-electron chi connectivity index (χ4n) is 2.74. The van der Waals surface area contributed by atoms with Gasteiger partial charge in [0.2, 0.25) is 5.82 Å². The van der Waals surface area contributed by atoms with Crippen molar-refractivity contribution in [3.8, 4) is 11.4 Å². The number of rotatable bonds is 4. The predicted octanol–water partition coefficient (Wildman–Crippen LogP) is 2.01. The van der Waals surface area contributed by atoms with E-state index in [0.717, 1.165) is 37.3 Å². The fourth-order valence-corrected chi connectivity index (χ4v) is 2.74. The molecular formula is C16H19N5O2. The standard InChI is InChI=1S/C16H19N5O2/c22-15(18-12-5-6-12)16-19-14(20-23-16)11-4-7-13(17-10-11)21-8-2-1-3-9-21/h4,7,10,12H,1-3,5-6,8-9H2,(H,18,22). The number of aromatic nitrogens is 3. The number of hydrogen-bond acceptors (Lipinski definition) is 6. The molecule has 0 atom stereocenters. The summed E-state index contributed by atoms with van der Waals surface area (Å²) in [4.78, 5) is 22.8. The molecule has 1 N–H and O–H groups in total. The Kier molecular flexibility index (Phi) is 3.69. The highest BCUT2D eigenvalue weighted by molar-refractivity contribution is 5.90. The second-order valence-electron chi connectivity index (χ2n) is 6.12. The maximum absolute atomic E-state index is 11.9. The number of carbonyl (C=O) groups excluding carboxylic acids is 1. The topological polar surface area (TPSA) is 84.2 Å². The van der Waals surface area contributed by atoms with Gasteiger partial charge in [0.15, 0.2) is 0 Å². The minimum absolute atomic E-state index is 0.00649. The third-order valence-electron chi connectivity index (χ3n) is 4.22. The number of amides is 1. The van der Waals surface area contributed by atoms with Gasteiger partial charge in [0.05, 0.1) is 0 Å². The lowest BCUT2D eigenvalue weighted by molar-refractivity contribution is 0.0907. The summed E-state index contributed by atoms with van der Waals surface area (Å²) in [6, 6.07) is 4.16. The molecule has 2 aliphatic rings. The first kappa shape index (κ1) is 14.2. The molecule has 1 saturated heterocycles. The van der Waals surface area contributed by atoms with Crippen molar-refractivity contribution in [2.75, 3.05) is 18.0 Å². The van der Waals surface area contributed by atoms with E-state index < -0.39 is 0 Å². The van der Waals surface area contributed by atoms with Gasteiger partial charge in [0, 0.05) is 30.9 Å². The second kappa shape index (κ2) is 5.98. The minimum Gasteiger partial charge on any atom is -0.357 e. The molecule has 0 bridgehead atoms. The van der Waals surface area contributed by atoms with Crippen LogP contribution in [0.4, 0.5) is 5.82 Å². The zero-order valence-electron chi connectivity index (χ0n) is 12.9. The lowest BCUT2D eigenvalue weighted by Gasteiger charge is -2.27. The molecule has 2 aromatic rings. The maximum atomic E-state index is 11.9.